The molecule has 9 aromatic carbocycles. The van der Waals surface area contributed by atoms with E-state index in [-0.39, 0.29) is 0 Å². The summed E-state index contributed by atoms with van der Waals surface area (Å²) < 4.78 is 6.22. The Kier molecular flexibility index (Phi) is 6.53. The SMILES string of the molecule is c1cc(-c2ccc3ccccc3c2)cc(N(c2ccc(-c3cc4ccccc4c4ccccc34)cc2)c2ccc3oc4ccccc4c3c2)c1. The average Bonchev–Trinajstić information content (AvgIpc) is 3.56. The Bertz CT molecular complexity index is 2880. The number of fused-ring (bicyclic) bond motifs is 7. The number of nitrogens with zero attached hydrogens (tertiary/aromatic N) is 1. The second-order valence-corrected chi connectivity index (χ2v) is 13.0. The van der Waals surface area contributed by atoms with Crippen LogP contribution in [0.3, 0.4) is 0 Å². The van der Waals surface area contributed by atoms with Crippen molar-refractivity contribution >= 4 is 71.3 Å². The van der Waals surface area contributed by atoms with E-state index in [0.717, 1.165) is 39.0 Å². The Morgan fingerprint density at radius 1 is 0.300 bits per heavy atom. The van der Waals surface area contributed by atoms with E-state index in [1.165, 1.54) is 54.6 Å². The lowest BCUT2D eigenvalue weighted by molar-refractivity contribution is 0.669. The molecule has 10 aromatic rings. The summed E-state index contributed by atoms with van der Waals surface area (Å²) in [7, 11) is 0. The van der Waals surface area contributed by atoms with Crippen molar-refractivity contribution in [2.24, 2.45) is 0 Å². The molecule has 0 radical (unpaired) electrons. The Labute approximate surface area is 290 Å². The van der Waals surface area contributed by atoms with Gasteiger partial charge in [-0.2, -0.15) is 0 Å². The third-order valence-corrected chi connectivity index (χ3v) is 10.0. The van der Waals surface area contributed by atoms with E-state index in [1.54, 1.807) is 0 Å². The van der Waals surface area contributed by atoms with Gasteiger partial charge >= 0.3 is 0 Å². The number of benzene rings is 9. The molecule has 0 saturated heterocycles. The lowest BCUT2D eigenvalue weighted by Gasteiger charge is -2.26. The topological polar surface area (TPSA) is 16.4 Å². The van der Waals surface area contributed by atoms with Gasteiger partial charge in [-0.15, -0.1) is 0 Å². The van der Waals surface area contributed by atoms with Crippen molar-refractivity contribution in [1.29, 1.82) is 0 Å². The van der Waals surface area contributed by atoms with E-state index in [2.05, 4.69) is 181 Å². The number of furan rings is 1. The van der Waals surface area contributed by atoms with Gasteiger partial charge in [0, 0.05) is 27.8 Å². The molecule has 0 aliphatic rings. The van der Waals surface area contributed by atoms with Crippen LogP contribution >= 0.6 is 0 Å². The van der Waals surface area contributed by atoms with E-state index >= 15 is 0 Å². The molecule has 0 amide bonds. The quantitative estimate of drug-likeness (QED) is 0.175. The van der Waals surface area contributed by atoms with Crippen LogP contribution in [0.2, 0.25) is 0 Å². The first kappa shape index (κ1) is 28.4. The summed E-state index contributed by atoms with van der Waals surface area (Å²) in [5, 5.41) is 9.77. The Balaban J connectivity index is 1.13. The second-order valence-electron chi connectivity index (χ2n) is 13.0. The summed E-state index contributed by atoms with van der Waals surface area (Å²) in [6, 6.07) is 67.7. The van der Waals surface area contributed by atoms with Crippen molar-refractivity contribution < 1.29 is 4.42 Å². The van der Waals surface area contributed by atoms with Crippen LogP contribution in [0.5, 0.6) is 0 Å². The van der Waals surface area contributed by atoms with Crippen molar-refractivity contribution in [1.82, 2.24) is 0 Å². The molecule has 0 aliphatic carbocycles. The molecular formula is C48H31NO. The van der Waals surface area contributed by atoms with Crippen LogP contribution in [-0.2, 0) is 0 Å². The van der Waals surface area contributed by atoms with Crippen LogP contribution in [0.1, 0.15) is 0 Å². The molecule has 2 nitrogen and oxygen atoms in total. The van der Waals surface area contributed by atoms with Gasteiger partial charge in [0.05, 0.1) is 0 Å². The molecule has 10 rings (SSSR count). The normalized spacial score (nSPS) is 11.6. The first-order chi connectivity index (χ1) is 24.8. The fourth-order valence-corrected chi connectivity index (χ4v) is 7.58. The number of rotatable bonds is 5. The molecule has 0 fully saturated rings. The molecule has 0 spiro atoms. The minimum atomic E-state index is 0.887. The van der Waals surface area contributed by atoms with Gasteiger partial charge in [-0.25, -0.2) is 0 Å². The molecule has 0 atom stereocenters. The molecule has 0 bridgehead atoms. The monoisotopic (exact) mass is 637 g/mol. The number of hydrogen-bond donors (Lipinski definition) is 0. The van der Waals surface area contributed by atoms with Gasteiger partial charge in [0.15, 0.2) is 0 Å². The van der Waals surface area contributed by atoms with Gasteiger partial charge in [0.25, 0.3) is 0 Å². The zero-order chi connectivity index (χ0) is 33.0. The van der Waals surface area contributed by atoms with Gasteiger partial charge in [0.1, 0.15) is 11.2 Å². The van der Waals surface area contributed by atoms with Gasteiger partial charge in [0.2, 0.25) is 0 Å². The van der Waals surface area contributed by atoms with Crippen LogP contribution in [0, 0.1) is 0 Å². The van der Waals surface area contributed by atoms with Crippen LogP contribution in [-0.4, -0.2) is 0 Å². The number of para-hydroxylation sites is 1. The highest BCUT2D eigenvalue weighted by molar-refractivity contribution is 6.14. The molecule has 234 valence electrons. The molecule has 1 heterocycles. The third kappa shape index (κ3) is 4.73. The summed E-state index contributed by atoms with van der Waals surface area (Å²) in [5.41, 5.74) is 9.83. The minimum absolute atomic E-state index is 0.887. The molecule has 50 heavy (non-hydrogen) atoms. The van der Waals surface area contributed by atoms with E-state index in [9.17, 15) is 0 Å². The highest BCUT2D eigenvalue weighted by Crippen LogP contribution is 2.42. The zero-order valence-corrected chi connectivity index (χ0v) is 27.3. The van der Waals surface area contributed by atoms with Crippen LogP contribution < -0.4 is 4.90 Å². The maximum atomic E-state index is 6.22. The van der Waals surface area contributed by atoms with Crippen LogP contribution in [0.4, 0.5) is 17.1 Å². The smallest absolute Gasteiger partial charge is 0.135 e. The third-order valence-electron chi connectivity index (χ3n) is 10.0. The molecule has 2 heteroatoms. The minimum Gasteiger partial charge on any atom is -0.456 e. The summed E-state index contributed by atoms with van der Waals surface area (Å²) in [6.07, 6.45) is 0. The van der Waals surface area contributed by atoms with Gasteiger partial charge in [-0.3, -0.25) is 0 Å². The van der Waals surface area contributed by atoms with Crippen LogP contribution in [0.25, 0.3) is 76.5 Å². The predicted octanol–water partition coefficient (Wildman–Crippen LogP) is 13.8. The van der Waals surface area contributed by atoms with Gasteiger partial charge < -0.3 is 9.32 Å². The molecule has 0 unspecified atom stereocenters. The highest BCUT2D eigenvalue weighted by atomic mass is 16.3. The summed E-state index contributed by atoms with van der Waals surface area (Å²) in [4.78, 5) is 2.36. The van der Waals surface area contributed by atoms with E-state index < -0.39 is 0 Å². The standard InChI is InChI=1S/C48H31NO/c1-2-11-34-28-36(21-20-32(34)10-1)35-13-9-14-39(29-35)49(40-26-27-48-46(31-40)44-18-7-8-19-47(44)50-48)38-24-22-33(23-25-38)45-30-37-12-3-4-15-41(37)42-16-5-6-17-43(42)45/h1-31H. The average molecular weight is 638 g/mol. The largest absolute Gasteiger partial charge is 0.456 e. The predicted molar refractivity (Wildman–Crippen MR) is 212 cm³/mol. The fourth-order valence-electron chi connectivity index (χ4n) is 7.58. The molecule has 1 aromatic heterocycles. The van der Waals surface area contributed by atoms with E-state index in [1.807, 2.05) is 12.1 Å². The van der Waals surface area contributed by atoms with Gasteiger partial charge in [-0.1, -0.05) is 127 Å². The lowest BCUT2D eigenvalue weighted by Crippen LogP contribution is -2.10. The summed E-state index contributed by atoms with van der Waals surface area (Å²) >= 11 is 0. The van der Waals surface area contributed by atoms with Crippen molar-refractivity contribution in [3.63, 3.8) is 0 Å². The molecule has 0 N–H and O–H groups in total. The molecule has 0 saturated carbocycles. The summed E-state index contributed by atoms with van der Waals surface area (Å²) in [5.74, 6) is 0. The van der Waals surface area contributed by atoms with Crippen molar-refractivity contribution in [2.45, 2.75) is 0 Å². The summed E-state index contributed by atoms with van der Waals surface area (Å²) in [6.45, 7) is 0. The Morgan fingerprint density at radius 2 is 0.920 bits per heavy atom. The first-order valence-electron chi connectivity index (χ1n) is 17.1. The Hall–Kier alpha value is -6.64. The molecule has 0 aliphatic heterocycles. The molecular weight excluding hydrogens is 607 g/mol. The van der Waals surface area contributed by atoms with E-state index in [4.69, 9.17) is 4.42 Å². The first-order valence-corrected chi connectivity index (χ1v) is 17.1. The van der Waals surface area contributed by atoms with Crippen molar-refractivity contribution in [2.75, 3.05) is 4.90 Å². The number of anilines is 3. The lowest BCUT2D eigenvalue weighted by atomic mass is 9.93. The van der Waals surface area contributed by atoms with Crippen LogP contribution in [0.15, 0.2) is 192 Å². The van der Waals surface area contributed by atoms with Crippen molar-refractivity contribution in [3.8, 4) is 22.3 Å². The maximum absolute atomic E-state index is 6.22. The van der Waals surface area contributed by atoms with Crippen molar-refractivity contribution in [3.05, 3.63) is 188 Å². The highest BCUT2D eigenvalue weighted by Gasteiger charge is 2.17. The maximum Gasteiger partial charge on any atom is 0.135 e. The second kappa shape index (κ2) is 11.5. The van der Waals surface area contributed by atoms with E-state index in [0.29, 0.717) is 0 Å². The Morgan fingerprint density at radius 3 is 1.78 bits per heavy atom. The zero-order valence-electron chi connectivity index (χ0n) is 27.3. The van der Waals surface area contributed by atoms with Gasteiger partial charge in [-0.05, 0) is 115 Å². The number of hydrogen-bond acceptors (Lipinski definition) is 2. The fraction of sp³-hybridized carbons (Fsp3) is 0.